The molecule has 23 heteroatoms. The SMILES string of the molecule is CC1(C)O[C@@H]2O[C@@H](C(=O)N3CCOCC3)[C@@H](O)[C@@H]2O1.CC1(C)O[C@@H]2O[C@@H](C(=O)O)[C@@H](O)[C@@H]2O1.CC1(C)O[C@@H]2O[C@@H](CO)[C@@H](O)[C@@H]2O1.O=C[C@@H](O)[C@H](O)[C@@H](O)CO. The van der Waals surface area contributed by atoms with Gasteiger partial charge in [0.2, 0.25) is 0 Å². The Morgan fingerprint density at radius 2 is 1.12 bits per heavy atom. The van der Waals surface area contributed by atoms with Gasteiger partial charge in [-0.05, 0) is 41.5 Å². The number of rotatable bonds is 7. The molecule has 7 aliphatic rings. The topological polar surface area (TPSA) is 329 Å². The van der Waals surface area contributed by atoms with Gasteiger partial charge in [0.25, 0.3) is 5.91 Å². The van der Waals surface area contributed by atoms with E-state index in [1.54, 1.807) is 46.4 Å². The highest BCUT2D eigenvalue weighted by Gasteiger charge is 2.58. The zero-order chi connectivity index (χ0) is 41.9. The van der Waals surface area contributed by atoms with E-state index in [9.17, 15) is 29.7 Å². The predicted molar refractivity (Wildman–Crippen MR) is 177 cm³/mol. The molecule has 0 radical (unpaired) electrons. The summed E-state index contributed by atoms with van der Waals surface area (Å²) in [5.41, 5.74) is 0. The standard InChI is InChI=1S/C12H19NO6.C8H12O6.C8H14O5.C5H10O5/c1-12(2)18-9-7(14)8(17-11(9)19-12)10(15)13-3-5-16-6-4-13;1-8(2)13-5-3(9)4(6(10)11)12-7(5)14-8;1-8(2)12-6-5(10)4(3-9)11-7(6)13-8;6-1-3(8)5(10)4(9)2-7/h7-9,11,14H,3-6H2,1-2H3;3-5,7,9H,1-2H3,(H,10,11);4-7,9-10H,3H2,1-2H3;1,3-5,7-10H,2H2/t7-,8-,9+,11+;3-,4-,5+,7+;4-,5+,6-,7-;3-,4+,5+/m1101/s1. The van der Waals surface area contributed by atoms with Crippen LogP contribution in [0.4, 0.5) is 0 Å². The summed E-state index contributed by atoms with van der Waals surface area (Å²) in [6, 6.07) is 0. The van der Waals surface area contributed by atoms with Crippen molar-refractivity contribution in [2.45, 2.75) is 151 Å². The molecule has 0 saturated carbocycles. The molecule has 7 saturated heterocycles. The molecule has 7 rings (SSSR count). The lowest BCUT2D eigenvalue weighted by Gasteiger charge is -2.30. The van der Waals surface area contributed by atoms with Gasteiger partial charge in [0.15, 0.2) is 54.7 Å². The van der Waals surface area contributed by atoms with Gasteiger partial charge in [-0.25, -0.2) is 4.79 Å². The highest BCUT2D eigenvalue weighted by Crippen LogP contribution is 2.39. The van der Waals surface area contributed by atoms with Crippen LogP contribution in [0, 0.1) is 0 Å². The van der Waals surface area contributed by atoms with E-state index in [-0.39, 0.29) is 18.8 Å². The molecular weight excluding hydrogens is 762 g/mol. The van der Waals surface area contributed by atoms with E-state index in [4.69, 9.17) is 78.0 Å². The Kier molecular flexibility index (Phi) is 15.7. The molecule has 0 aromatic carbocycles. The minimum absolute atomic E-state index is 0.0869. The second-order valence-electron chi connectivity index (χ2n) is 15.0. The van der Waals surface area contributed by atoms with Crippen molar-refractivity contribution in [1.82, 2.24) is 4.90 Å². The molecule has 0 bridgehead atoms. The molecule has 0 unspecified atom stereocenters. The van der Waals surface area contributed by atoms with Gasteiger partial charge >= 0.3 is 5.97 Å². The number of aliphatic carboxylic acids is 1. The smallest absolute Gasteiger partial charge is 0.335 e. The number of carbonyl (C=O) groups is 3. The van der Waals surface area contributed by atoms with Gasteiger partial charge in [-0.1, -0.05) is 0 Å². The van der Waals surface area contributed by atoms with E-state index in [1.807, 2.05) is 0 Å². The third-order valence-corrected chi connectivity index (χ3v) is 9.21. The second kappa shape index (κ2) is 18.9. The fourth-order valence-corrected chi connectivity index (χ4v) is 6.48. The number of carboxylic acid groups (broad SMARTS) is 1. The number of fused-ring (bicyclic) bond motifs is 3. The Balaban J connectivity index is 0.000000171. The predicted octanol–water partition coefficient (Wildman–Crippen LogP) is -5.13. The molecule has 7 fully saturated rings. The van der Waals surface area contributed by atoms with Gasteiger partial charge in [0, 0.05) is 13.1 Å². The first-order valence-electron chi connectivity index (χ1n) is 17.9. The summed E-state index contributed by atoms with van der Waals surface area (Å²) in [7, 11) is 0. The Morgan fingerprint density at radius 3 is 1.52 bits per heavy atom. The van der Waals surface area contributed by atoms with Crippen molar-refractivity contribution in [3.63, 3.8) is 0 Å². The van der Waals surface area contributed by atoms with E-state index in [1.165, 1.54) is 0 Å². The molecule has 0 spiro atoms. The largest absolute Gasteiger partial charge is 0.479 e. The van der Waals surface area contributed by atoms with Crippen molar-refractivity contribution in [2.24, 2.45) is 0 Å². The maximum absolute atomic E-state index is 12.3. The molecule has 0 aromatic heterocycles. The maximum Gasteiger partial charge on any atom is 0.335 e. The van der Waals surface area contributed by atoms with Crippen molar-refractivity contribution in [3.8, 4) is 0 Å². The molecule has 23 nitrogen and oxygen atoms in total. The van der Waals surface area contributed by atoms with Gasteiger partial charge < -0.3 is 103 Å². The number of hydrogen-bond donors (Lipinski definition) is 9. The zero-order valence-electron chi connectivity index (χ0n) is 31.8. The lowest BCUT2D eigenvalue weighted by Crippen LogP contribution is -2.50. The molecule has 7 aliphatic heterocycles. The maximum atomic E-state index is 12.3. The number of carbonyl (C=O) groups excluding carboxylic acids is 2. The number of aldehydes is 1. The van der Waals surface area contributed by atoms with Crippen LogP contribution in [0.3, 0.4) is 0 Å². The van der Waals surface area contributed by atoms with E-state index < -0.39 is 122 Å². The van der Waals surface area contributed by atoms with Crippen LogP contribution in [0.2, 0.25) is 0 Å². The summed E-state index contributed by atoms with van der Waals surface area (Å²) in [6.45, 7) is 11.5. The van der Waals surface area contributed by atoms with Crippen LogP contribution in [-0.4, -0.2) is 218 Å². The van der Waals surface area contributed by atoms with Crippen molar-refractivity contribution in [1.29, 1.82) is 0 Å². The monoisotopic (exact) mass is 817 g/mol. The summed E-state index contributed by atoms with van der Waals surface area (Å²) in [4.78, 5) is 34.3. The zero-order valence-corrected chi connectivity index (χ0v) is 31.8. The molecular formula is C33H55NO22. The van der Waals surface area contributed by atoms with Crippen molar-refractivity contribution in [3.05, 3.63) is 0 Å². The molecule has 7 heterocycles. The van der Waals surface area contributed by atoms with E-state index in [0.717, 1.165) is 0 Å². The van der Waals surface area contributed by atoms with Gasteiger partial charge in [0.1, 0.15) is 61.0 Å². The minimum atomic E-state index is -1.64. The third kappa shape index (κ3) is 11.1. The highest BCUT2D eigenvalue weighted by molar-refractivity contribution is 5.82. The molecule has 15 atom stereocenters. The first-order valence-corrected chi connectivity index (χ1v) is 17.9. The Hall–Kier alpha value is -2.11. The van der Waals surface area contributed by atoms with Crippen LogP contribution >= 0.6 is 0 Å². The average molecular weight is 818 g/mol. The number of ether oxygens (including phenoxy) is 10. The average Bonchev–Trinajstić information content (AvgIpc) is 3.94. The molecule has 324 valence electrons. The third-order valence-electron chi connectivity index (χ3n) is 9.21. The number of aliphatic hydroxyl groups excluding tert-OH is 8. The second-order valence-corrected chi connectivity index (χ2v) is 15.0. The number of hydrogen-bond acceptors (Lipinski definition) is 21. The van der Waals surface area contributed by atoms with Gasteiger partial charge in [-0.15, -0.1) is 0 Å². The molecule has 0 aliphatic carbocycles. The first-order chi connectivity index (χ1) is 26.0. The molecule has 1 amide bonds. The summed E-state index contributed by atoms with van der Waals surface area (Å²) >= 11 is 0. The van der Waals surface area contributed by atoms with Gasteiger partial charge in [0.05, 0.1) is 26.4 Å². The number of amides is 1. The molecule has 9 N–H and O–H groups in total. The Bertz CT molecular complexity index is 1310. The summed E-state index contributed by atoms with van der Waals surface area (Å²) < 4.78 is 53.3. The van der Waals surface area contributed by atoms with Crippen molar-refractivity contribution in [2.75, 3.05) is 39.5 Å². The lowest BCUT2D eigenvalue weighted by molar-refractivity contribution is -0.219. The highest BCUT2D eigenvalue weighted by atomic mass is 16.9. The van der Waals surface area contributed by atoms with Crippen LogP contribution in [0.5, 0.6) is 0 Å². The fraction of sp³-hybridized carbons (Fsp3) is 0.909. The fourth-order valence-electron chi connectivity index (χ4n) is 6.48. The Morgan fingerprint density at radius 1 is 0.696 bits per heavy atom. The van der Waals surface area contributed by atoms with E-state index in [0.29, 0.717) is 26.3 Å². The van der Waals surface area contributed by atoms with Crippen LogP contribution < -0.4 is 0 Å². The summed E-state index contributed by atoms with van der Waals surface area (Å²) in [6.07, 6.45) is -14.2. The number of aliphatic hydroxyl groups is 8. The van der Waals surface area contributed by atoms with E-state index in [2.05, 4.69) is 0 Å². The van der Waals surface area contributed by atoms with Crippen LogP contribution in [0.15, 0.2) is 0 Å². The number of nitrogens with zero attached hydrogens (tertiary/aromatic N) is 1. The van der Waals surface area contributed by atoms with E-state index >= 15 is 0 Å². The molecule has 56 heavy (non-hydrogen) atoms. The van der Waals surface area contributed by atoms with Crippen molar-refractivity contribution < 1.29 is 108 Å². The van der Waals surface area contributed by atoms with Crippen LogP contribution in [0.25, 0.3) is 0 Å². The van der Waals surface area contributed by atoms with Crippen LogP contribution in [0.1, 0.15) is 41.5 Å². The quantitative estimate of drug-likeness (QED) is 0.109. The summed E-state index contributed by atoms with van der Waals surface area (Å²) in [5, 5.41) is 80.9. The normalized spacial score (nSPS) is 39.9. The van der Waals surface area contributed by atoms with Crippen LogP contribution in [-0.2, 0) is 61.8 Å². The summed E-state index contributed by atoms with van der Waals surface area (Å²) in [5.74, 6) is -3.77. The Labute approximate surface area is 321 Å². The van der Waals surface area contributed by atoms with Gasteiger partial charge in [-0.3, -0.25) is 4.79 Å². The number of morpholine rings is 1. The lowest BCUT2D eigenvalue weighted by atomic mass is 10.1. The minimum Gasteiger partial charge on any atom is -0.479 e. The molecule has 0 aromatic rings. The van der Waals surface area contributed by atoms with Crippen molar-refractivity contribution >= 4 is 18.2 Å². The van der Waals surface area contributed by atoms with Gasteiger partial charge in [-0.2, -0.15) is 0 Å². The number of carboxylic acids is 1. The first kappa shape index (κ1) is 46.6.